The van der Waals surface area contributed by atoms with Gasteiger partial charge in [0.1, 0.15) is 0 Å². The van der Waals surface area contributed by atoms with Gasteiger partial charge in [0.25, 0.3) is 0 Å². The Morgan fingerprint density at radius 1 is 0.857 bits per heavy atom. The molecule has 14 heavy (non-hydrogen) atoms. The van der Waals surface area contributed by atoms with Gasteiger partial charge in [-0.3, -0.25) is 0 Å². The maximum Gasteiger partial charge on any atom is 0.0224 e. The zero-order chi connectivity index (χ0) is 10.8. The molecule has 0 rings (SSSR count). The van der Waals surface area contributed by atoms with Crippen LogP contribution in [-0.2, 0) is 0 Å². The summed E-state index contributed by atoms with van der Waals surface area (Å²) in [5, 5.41) is 0. The number of unbranched alkanes of at least 4 members (excludes halogenated alkanes) is 2. The lowest BCUT2D eigenvalue weighted by atomic mass is 10.1. The highest BCUT2D eigenvalue weighted by Gasteiger charge is 1.99. The Bertz CT molecular complexity index is 127. The van der Waals surface area contributed by atoms with E-state index in [1.807, 2.05) is 0 Å². The molecule has 4 N–H and O–H groups in total. The maximum atomic E-state index is 5.89. The molecule has 2 nitrogen and oxygen atoms in total. The van der Waals surface area contributed by atoms with E-state index >= 15 is 0 Å². The van der Waals surface area contributed by atoms with Crippen molar-refractivity contribution in [2.75, 3.05) is 0 Å². The molecule has 0 spiro atoms. The zero-order valence-electron chi connectivity index (χ0n) is 9.71. The van der Waals surface area contributed by atoms with Gasteiger partial charge in [-0.1, -0.05) is 51.7 Å². The van der Waals surface area contributed by atoms with Crippen LogP contribution in [0.3, 0.4) is 0 Å². The van der Waals surface area contributed by atoms with Crippen molar-refractivity contribution in [1.29, 1.82) is 0 Å². The van der Waals surface area contributed by atoms with Gasteiger partial charge in [-0.2, -0.15) is 0 Å². The van der Waals surface area contributed by atoms with Crippen LogP contribution in [0.15, 0.2) is 12.2 Å². The van der Waals surface area contributed by atoms with Gasteiger partial charge >= 0.3 is 0 Å². The van der Waals surface area contributed by atoms with Gasteiger partial charge in [0.2, 0.25) is 0 Å². The summed E-state index contributed by atoms with van der Waals surface area (Å²) in [6.07, 6.45) is 11.1. The minimum Gasteiger partial charge on any atom is -0.324 e. The van der Waals surface area contributed by atoms with E-state index < -0.39 is 0 Å². The van der Waals surface area contributed by atoms with E-state index in [9.17, 15) is 0 Å². The van der Waals surface area contributed by atoms with Gasteiger partial charge in [-0.15, -0.1) is 0 Å². The normalized spacial score (nSPS) is 16.0. The first-order chi connectivity index (χ1) is 6.70. The van der Waals surface area contributed by atoms with Crippen LogP contribution in [0.5, 0.6) is 0 Å². The van der Waals surface area contributed by atoms with E-state index in [-0.39, 0.29) is 12.1 Å². The Hall–Kier alpha value is -0.340. The molecule has 0 radical (unpaired) electrons. The van der Waals surface area contributed by atoms with Crippen molar-refractivity contribution in [2.24, 2.45) is 11.5 Å². The fourth-order valence-electron chi connectivity index (χ4n) is 1.36. The first-order valence-corrected chi connectivity index (χ1v) is 5.90. The van der Waals surface area contributed by atoms with Crippen molar-refractivity contribution in [3.63, 3.8) is 0 Å². The highest BCUT2D eigenvalue weighted by molar-refractivity contribution is 4.97. The van der Waals surface area contributed by atoms with Crippen molar-refractivity contribution < 1.29 is 0 Å². The topological polar surface area (TPSA) is 52.0 Å². The van der Waals surface area contributed by atoms with Crippen molar-refractivity contribution in [2.45, 2.75) is 64.5 Å². The molecular formula is C12H26N2. The van der Waals surface area contributed by atoms with Gasteiger partial charge in [-0.05, 0) is 12.8 Å². The second-order valence-electron chi connectivity index (χ2n) is 4.00. The third-order valence-corrected chi connectivity index (χ3v) is 2.39. The van der Waals surface area contributed by atoms with Crippen LogP contribution in [0.2, 0.25) is 0 Å². The average Bonchev–Trinajstić information content (AvgIpc) is 2.20. The summed E-state index contributed by atoms with van der Waals surface area (Å²) in [6.45, 7) is 4.37. The first-order valence-electron chi connectivity index (χ1n) is 5.90. The molecule has 0 aromatic rings. The molecule has 0 aliphatic heterocycles. The van der Waals surface area contributed by atoms with Crippen LogP contribution in [0, 0.1) is 0 Å². The molecule has 0 saturated carbocycles. The third-order valence-electron chi connectivity index (χ3n) is 2.39. The summed E-state index contributed by atoms with van der Waals surface area (Å²) in [5.41, 5.74) is 11.8. The summed E-state index contributed by atoms with van der Waals surface area (Å²) in [5.74, 6) is 0. The minimum absolute atomic E-state index is 0.197. The fraction of sp³-hybridized carbons (Fsp3) is 0.833. The molecule has 0 aromatic heterocycles. The molecule has 2 unspecified atom stereocenters. The highest BCUT2D eigenvalue weighted by atomic mass is 14.6. The van der Waals surface area contributed by atoms with Crippen molar-refractivity contribution in [3.05, 3.63) is 12.2 Å². The quantitative estimate of drug-likeness (QED) is 0.589. The molecule has 0 saturated heterocycles. The number of nitrogens with two attached hydrogens (primary N) is 2. The van der Waals surface area contributed by atoms with E-state index in [2.05, 4.69) is 26.0 Å². The molecule has 0 heterocycles. The van der Waals surface area contributed by atoms with E-state index in [0.29, 0.717) is 0 Å². The van der Waals surface area contributed by atoms with E-state index in [1.54, 1.807) is 0 Å². The molecule has 2 atom stereocenters. The summed E-state index contributed by atoms with van der Waals surface area (Å²) < 4.78 is 0. The van der Waals surface area contributed by atoms with Gasteiger partial charge in [0.05, 0.1) is 0 Å². The summed E-state index contributed by atoms with van der Waals surface area (Å²) >= 11 is 0. The predicted molar refractivity (Wildman–Crippen MR) is 64.1 cm³/mol. The Kier molecular flexibility index (Phi) is 9.00. The SMILES string of the molecule is CCCCC(N)/C=C/C(N)CCCC. The van der Waals surface area contributed by atoms with Gasteiger partial charge < -0.3 is 11.5 Å². The molecule has 0 aliphatic carbocycles. The average molecular weight is 198 g/mol. The van der Waals surface area contributed by atoms with Gasteiger partial charge in [-0.25, -0.2) is 0 Å². The van der Waals surface area contributed by atoms with E-state index in [4.69, 9.17) is 11.5 Å². The Balaban J connectivity index is 3.56. The summed E-state index contributed by atoms with van der Waals surface area (Å²) in [4.78, 5) is 0. The summed E-state index contributed by atoms with van der Waals surface area (Å²) in [7, 11) is 0. The third kappa shape index (κ3) is 8.27. The van der Waals surface area contributed by atoms with Crippen molar-refractivity contribution >= 4 is 0 Å². The molecule has 0 aromatic carbocycles. The molecule has 0 bridgehead atoms. The number of hydrogen-bond acceptors (Lipinski definition) is 2. The van der Waals surface area contributed by atoms with Crippen LogP contribution < -0.4 is 11.5 Å². The number of hydrogen-bond donors (Lipinski definition) is 2. The molecule has 0 fully saturated rings. The van der Waals surface area contributed by atoms with E-state index in [1.165, 1.54) is 25.7 Å². The largest absolute Gasteiger partial charge is 0.324 e. The first kappa shape index (κ1) is 13.7. The summed E-state index contributed by atoms with van der Waals surface area (Å²) in [6, 6.07) is 0.394. The molecule has 0 amide bonds. The fourth-order valence-corrected chi connectivity index (χ4v) is 1.36. The number of rotatable bonds is 8. The Labute approximate surface area is 88.7 Å². The van der Waals surface area contributed by atoms with Crippen molar-refractivity contribution in [1.82, 2.24) is 0 Å². The minimum atomic E-state index is 0.197. The second-order valence-corrected chi connectivity index (χ2v) is 4.00. The maximum absolute atomic E-state index is 5.89. The van der Waals surface area contributed by atoms with Crippen LogP contribution >= 0.6 is 0 Å². The lowest BCUT2D eigenvalue weighted by Gasteiger charge is -2.08. The molecule has 0 aliphatic rings. The van der Waals surface area contributed by atoms with Crippen LogP contribution in [-0.4, -0.2) is 12.1 Å². The lowest BCUT2D eigenvalue weighted by Crippen LogP contribution is -2.21. The van der Waals surface area contributed by atoms with Crippen LogP contribution in [0.4, 0.5) is 0 Å². The predicted octanol–water partition coefficient (Wildman–Crippen LogP) is 2.58. The second kappa shape index (κ2) is 9.22. The van der Waals surface area contributed by atoms with Crippen LogP contribution in [0.25, 0.3) is 0 Å². The van der Waals surface area contributed by atoms with Crippen molar-refractivity contribution in [3.8, 4) is 0 Å². The molecule has 84 valence electrons. The van der Waals surface area contributed by atoms with E-state index in [0.717, 1.165) is 12.8 Å². The highest BCUT2D eigenvalue weighted by Crippen LogP contribution is 2.02. The molecule has 2 heteroatoms. The van der Waals surface area contributed by atoms with Gasteiger partial charge in [0, 0.05) is 12.1 Å². The monoisotopic (exact) mass is 198 g/mol. The lowest BCUT2D eigenvalue weighted by molar-refractivity contribution is 0.634. The Morgan fingerprint density at radius 2 is 1.21 bits per heavy atom. The zero-order valence-corrected chi connectivity index (χ0v) is 9.71. The standard InChI is InChI=1S/C12H26N2/c1-3-5-7-11(13)9-10-12(14)8-6-4-2/h9-12H,3-8,13-14H2,1-2H3/b10-9+. The van der Waals surface area contributed by atoms with Crippen LogP contribution in [0.1, 0.15) is 52.4 Å². The molecular weight excluding hydrogens is 172 g/mol. The Morgan fingerprint density at radius 3 is 1.50 bits per heavy atom. The smallest absolute Gasteiger partial charge is 0.0224 e. The van der Waals surface area contributed by atoms with Gasteiger partial charge in [0.15, 0.2) is 0 Å².